The summed E-state index contributed by atoms with van der Waals surface area (Å²) < 4.78 is 0. The van der Waals surface area contributed by atoms with E-state index in [0.717, 1.165) is 38.7 Å². The largest absolute Gasteiger partial charge is 0.340 e. The van der Waals surface area contributed by atoms with Gasteiger partial charge in [-0.2, -0.15) is 0 Å². The highest BCUT2D eigenvalue weighted by atomic mass is 15.3. The summed E-state index contributed by atoms with van der Waals surface area (Å²) in [5.41, 5.74) is 2.56. The van der Waals surface area contributed by atoms with E-state index in [2.05, 4.69) is 25.6 Å². The molecule has 4 rings (SSSR count). The molecule has 7 nitrogen and oxygen atoms in total. The lowest BCUT2D eigenvalue weighted by Gasteiger charge is -2.12. The molecule has 4 aromatic rings. The molecule has 2 aromatic heterocycles. The van der Waals surface area contributed by atoms with E-state index in [1.807, 2.05) is 60.8 Å². The number of hydrogen-bond donors (Lipinski definition) is 2. The van der Waals surface area contributed by atoms with Crippen LogP contribution >= 0.6 is 0 Å². The summed E-state index contributed by atoms with van der Waals surface area (Å²) in [4.78, 5) is 13.3. The van der Waals surface area contributed by atoms with Crippen LogP contribution in [0.1, 0.15) is 5.56 Å². The summed E-state index contributed by atoms with van der Waals surface area (Å²) in [6.45, 7) is 0. The first-order valence-corrected chi connectivity index (χ1v) is 8.38. The molecule has 132 valence electrons. The third kappa shape index (κ3) is 3.18. The van der Waals surface area contributed by atoms with Crippen LogP contribution in [-0.2, 0) is 0 Å². The molecular formula is C20H17N7. The number of benzene rings is 2. The lowest BCUT2D eigenvalue weighted by Crippen LogP contribution is -2.00. The first-order valence-electron chi connectivity index (χ1n) is 8.38. The molecule has 2 heterocycles. The first kappa shape index (κ1) is 16.6. The molecule has 0 aliphatic rings. The first-order chi connectivity index (χ1) is 13.3. The van der Waals surface area contributed by atoms with Crippen LogP contribution < -0.4 is 11.2 Å². The second kappa shape index (κ2) is 7.17. The van der Waals surface area contributed by atoms with E-state index in [9.17, 15) is 0 Å². The van der Waals surface area contributed by atoms with E-state index < -0.39 is 0 Å². The fourth-order valence-electron chi connectivity index (χ4n) is 3.03. The van der Waals surface area contributed by atoms with Crippen molar-refractivity contribution < 1.29 is 0 Å². The van der Waals surface area contributed by atoms with Gasteiger partial charge in [0.25, 0.3) is 0 Å². The summed E-state index contributed by atoms with van der Waals surface area (Å²) >= 11 is 0. The Balaban J connectivity index is 1.93. The van der Waals surface area contributed by atoms with Crippen molar-refractivity contribution in [3.63, 3.8) is 0 Å². The van der Waals surface area contributed by atoms with Crippen LogP contribution in [0.3, 0.4) is 0 Å². The monoisotopic (exact) mass is 355 g/mol. The minimum absolute atomic E-state index is 0.449. The van der Waals surface area contributed by atoms with Gasteiger partial charge in [0, 0.05) is 46.9 Å². The molecule has 0 spiro atoms. The topological polar surface area (TPSA) is 101 Å². The number of hydrogen-bond acceptors (Lipinski definition) is 5. The molecule has 0 atom stereocenters. The van der Waals surface area contributed by atoms with E-state index in [4.69, 9.17) is 10.8 Å². The molecule has 0 saturated heterocycles. The van der Waals surface area contributed by atoms with Crippen LogP contribution in [0.25, 0.3) is 21.7 Å². The van der Waals surface area contributed by atoms with Crippen molar-refractivity contribution in [1.82, 2.24) is 9.97 Å². The SMILES string of the molecule is CN=C(N=NN)c1ccc2c(c1)nc(Nc1ccccc1)c1ccncc12. The summed E-state index contributed by atoms with van der Waals surface area (Å²) in [6.07, 6.45) is 3.62. The van der Waals surface area contributed by atoms with Crippen molar-refractivity contribution >= 4 is 39.0 Å². The van der Waals surface area contributed by atoms with E-state index in [1.54, 1.807) is 13.2 Å². The smallest absolute Gasteiger partial charge is 0.178 e. The number of pyridine rings is 2. The number of anilines is 2. The Bertz CT molecular complexity index is 1170. The number of nitrogens with two attached hydrogens (primary N) is 1. The summed E-state index contributed by atoms with van der Waals surface area (Å²) in [6, 6.07) is 17.7. The van der Waals surface area contributed by atoms with Crippen LogP contribution in [0.15, 0.2) is 82.3 Å². The maximum absolute atomic E-state index is 5.18. The van der Waals surface area contributed by atoms with Gasteiger partial charge in [-0.25, -0.2) is 4.98 Å². The van der Waals surface area contributed by atoms with Gasteiger partial charge >= 0.3 is 0 Å². The average molecular weight is 355 g/mol. The number of aromatic nitrogens is 2. The quantitative estimate of drug-likeness (QED) is 0.143. The Morgan fingerprint density at radius 2 is 1.85 bits per heavy atom. The van der Waals surface area contributed by atoms with Gasteiger partial charge in [-0.3, -0.25) is 9.98 Å². The molecule has 0 unspecified atom stereocenters. The van der Waals surface area contributed by atoms with Crippen LogP contribution in [0.4, 0.5) is 11.5 Å². The normalized spacial score (nSPS) is 12.1. The molecule has 0 aliphatic heterocycles. The van der Waals surface area contributed by atoms with Crippen molar-refractivity contribution in [2.45, 2.75) is 0 Å². The number of aliphatic imine (C=N–C) groups is 1. The predicted molar refractivity (Wildman–Crippen MR) is 108 cm³/mol. The Labute approximate surface area is 155 Å². The van der Waals surface area contributed by atoms with E-state index in [0.29, 0.717) is 5.84 Å². The highest BCUT2D eigenvalue weighted by molar-refractivity contribution is 6.12. The third-order valence-corrected chi connectivity index (χ3v) is 4.26. The zero-order valence-electron chi connectivity index (χ0n) is 14.7. The van der Waals surface area contributed by atoms with Gasteiger partial charge in [0.1, 0.15) is 5.82 Å². The van der Waals surface area contributed by atoms with Crippen LogP contribution in [0.2, 0.25) is 0 Å². The van der Waals surface area contributed by atoms with Gasteiger partial charge in [-0.1, -0.05) is 35.6 Å². The summed E-state index contributed by atoms with van der Waals surface area (Å²) in [5.74, 6) is 6.39. The minimum Gasteiger partial charge on any atom is -0.340 e. The van der Waals surface area contributed by atoms with Gasteiger partial charge in [-0.05, 0) is 24.3 Å². The number of fused-ring (bicyclic) bond motifs is 3. The highest BCUT2D eigenvalue weighted by Gasteiger charge is 2.11. The number of para-hydroxylation sites is 1. The molecule has 0 aliphatic carbocycles. The molecule has 3 N–H and O–H groups in total. The van der Waals surface area contributed by atoms with Crippen LogP contribution in [0.5, 0.6) is 0 Å². The van der Waals surface area contributed by atoms with E-state index >= 15 is 0 Å². The number of nitrogens with zero attached hydrogens (tertiary/aromatic N) is 5. The number of nitrogens with one attached hydrogen (secondary N) is 1. The van der Waals surface area contributed by atoms with Gasteiger partial charge in [-0.15, -0.1) is 5.11 Å². The van der Waals surface area contributed by atoms with E-state index in [-0.39, 0.29) is 0 Å². The molecule has 27 heavy (non-hydrogen) atoms. The maximum Gasteiger partial charge on any atom is 0.178 e. The maximum atomic E-state index is 5.18. The molecule has 0 radical (unpaired) electrons. The van der Waals surface area contributed by atoms with Crippen molar-refractivity contribution in [2.24, 2.45) is 21.2 Å². The minimum atomic E-state index is 0.449. The van der Waals surface area contributed by atoms with E-state index in [1.165, 1.54) is 0 Å². The Hall–Kier alpha value is -3.87. The second-order valence-corrected chi connectivity index (χ2v) is 5.87. The average Bonchev–Trinajstić information content (AvgIpc) is 2.72. The number of amidine groups is 1. The standard InChI is InChI=1S/C20H17N7/c1-22-19(26-27-21)13-7-8-15-17-12-23-10-9-16(17)20(25-18(15)11-13)24-14-5-3-2-4-6-14/h2-12H,1H3,(H,24,25)(H2,21,22,26). The molecule has 2 aromatic carbocycles. The second-order valence-electron chi connectivity index (χ2n) is 5.87. The summed E-state index contributed by atoms with van der Waals surface area (Å²) in [7, 11) is 1.65. The number of rotatable bonds is 3. The molecule has 0 saturated carbocycles. The van der Waals surface area contributed by atoms with Gasteiger partial charge in [0.05, 0.1) is 5.52 Å². The van der Waals surface area contributed by atoms with Crippen molar-refractivity contribution in [2.75, 3.05) is 12.4 Å². The van der Waals surface area contributed by atoms with Crippen LogP contribution in [-0.4, -0.2) is 22.9 Å². The van der Waals surface area contributed by atoms with Gasteiger partial charge in [0.2, 0.25) is 0 Å². The zero-order chi connectivity index (χ0) is 18.6. The molecule has 0 fully saturated rings. The lowest BCUT2D eigenvalue weighted by atomic mass is 10.1. The lowest BCUT2D eigenvalue weighted by molar-refractivity contribution is 1.08. The van der Waals surface area contributed by atoms with Gasteiger partial charge in [0.15, 0.2) is 5.84 Å². The Kier molecular flexibility index (Phi) is 4.40. The highest BCUT2D eigenvalue weighted by Crippen LogP contribution is 2.31. The summed E-state index contributed by atoms with van der Waals surface area (Å²) in [5, 5.41) is 13.6. The van der Waals surface area contributed by atoms with Crippen LogP contribution in [0, 0.1) is 0 Å². The fraction of sp³-hybridized carbons (Fsp3) is 0.0500. The Morgan fingerprint density at radius 3 is 2.63 bits per heavy atom. The van der Waals surface area contributed by atoms with Crippen molar-refractivity contribution in [3.05, 3.63) is 72.6 Å². The zero-order valence-corrected chi connectivity index (χ0v) is 14.7. The third-order valence-electron chi connectivity index (χ3n) is 4.26. The molecule has 7 heteroatoms. The van der Waals surface area contributed by atoms with Gasteiger partial charge < -0.3 is 11.2 Å². The predicted octanol–water partition coefficient (Wildman–Crippen LogP) is 4.23. The molecule has 0 amide bonds. The fourth-order valence-corrected chi connectivity index (χ4v) is 3.03. The molecule has 0 bridgehead atoms. The van der Waals surface area contributed by atoms with Crippen molar-refractivity contribution in [3.8, 4) is 0 Å². The van der Waals surface area contributed by atoms with Crippen molar-refractivity contribution in [1.29, 1.82) is 0 Å². The Morgan fingerprint density at radius 1 is 1.00 bits per heavy atom. The molecular weight excluding hydrogens is 338 g/mol.